The maximum absolute atomic E-state index is 13.6. The number of benzene rings is 2. The van der Waals surface area contributed by atoms with Gasteiger partial charge < -0.3 is 14.8 Å². The van der Waals surface area contributed by atoms with Gasteiger partial charge in [-0.25, -0.2) is 13.8 Å². The van der Waals surface area contributed by atoms with Crippen LogP contribution in [0.1, 0.15) is 12.0 Å². The summed E-state index contributed by atoms with van der Waals surface area (Å²) in [5, 5.41) is 4.88. The highest BCUT2D eigenvalue weighted by Crippen LogP contribution is 2.35. The number of hydrogen-bond donors (Lipinski definition) is 1. The lowest BCUT2D eigenvalue weighted by Crippen LogP contribution is -2.12. The van der Waals surface area contributed by atoms with E-state index in [9.17, 15) is 13.6 Å². The maximum atomic E-state index is 13.6. The Labute approximate surface area is 164 Å². The van der Waals surface area contributed by atoms with Crippen LogP contribution in [0.5, 0.6) is 11.5 Å². The molecule has 1 heterocycles. The molecule has 0 saturated carbocycles. The van der Waals surface area contributed by atoms with Gasteiger partial charge in [0.1, 0.15) is 23.1 Å². The minimum Gasteiger partial charge on any atom is -0.497 e. The van der Waals surface area contributed by atoms with Gasteiger partial charge in [0.15, 0.2) is 5.13 Å². The summed E-state index contributed by atoms with van der Waals surface area (Å²) >= 11 is 1.26. The van der Waals surface area contributed by atoms with Gasteiger partial charge in [-0.3, -0.25) is 4.79 Å². The standard InChI is InChI=1S/C20H18F2N2O3S/c1-26-14-5-7-18(27-2)15(10-14)17-11-28-20(23-17)24-19(25)8-3-12-9-13(21)4-6-16(12)22/h4-7,9-11H,3,8H2,1-2H3,(H,23,24,25). The fraction of sp³-hybridized carbons (Fsp3) is 0.200. The Balaban J connectivity index is 1.67. The highest BCUT2D eigenvalue weighted by molar-refractivity contribution is 7.14. The van der Waals surface area contributed by atoms with Crippen molar-refractivity contribution < 1.29 is 23.0 Å². The average Bonchev–Trinajstić information content (AvgIpc) is 3.16. The molecule has 0 fully saturated rings. The molecule has 0 unspecified atom stereocenters. The molecule has 5 nitrogen and oxygen atoms in total. The first-order valence-corrected chi connectivity index (χ1v) is 9.30. The third-order valence-electron chi connectivity index (χ3n) is 4.06. The first-order valence-electron chi connectivity index (χ1n) is 8.42. The summed E-state index contributed by atoms with van der Waals surface area (Å²) in [4.78, 5) is 16.6. The van der Waals surface area contributed by atoms with Gasteiger partial charge >= 0.3 is 0 Å². The lowest BCUT2D eigenvalue weighted by Gasteiger charge is -2.08. The van der Waals surface area contributed by atoms with Crippen LogP contribution in [0.15, 0.2) is 41.8 Å². The molecule has 0 saturated heterocycles. The third-order valence-corrected chi connectivity index (χ3v) is 4.82. The van der Waals surface area contributed by atoms with Crippen molar-refractivity contribution in [2.24, 2.45) is 0 Å². The molecule has 0 radical (unpaired) electrons. The minimum atomic E-state index is -0.534. The number of amides is 1. The van der Waals surface area contributed by atoms with Gasteiger partial charge in [0.05, 0.1) is 19.9 Å². The quantitative estimate of drug-likeness (QED) is 0.621. The van der Waals surface area contributed by atoms with Crippen LogP contribution in [-0.2, 0) is 11.2 Å². The topological polar surface area (TPSA) is 60.5 Å². The van der Waals surface area contributed by atoms with Gasteiger partial charge in [-0.05, 0) is 48.4 Å². The zero-order chi connectivity index (χ0) is 20.1. The minimum absolute atomic E-state index is 0.0117. The number of nitrogens with one attached hydrogen (secondary N) is 1. The summed E-state index contributed by atoms with van der Waals surface area (Å²) in [6.07, 6.45) is 0.106. The number of hydrogen-bond acceptors (Lipinski definition) is 5. The molecule has 0 bridgehead atoms. The van der Waals surface area contributed by atoms with Crippen molar-refractivity contribution in [3.8, 4) is 22.8 Å². The second-order valence-electron chi connectivity index (χ2n) is 5.89. The first kappa shape index (κ1) is 19.8. The van der Waals surface area contributed by atoms with Gasteiger partial charge in [-0.1, -0.05) is 0 Å². The fourth-order valence-corrected chi connectivity index (χ4v) is 3.36. The molecule has 0 aliphatic carbocycles. The average molecular weight is 404 g/mol. The lowest BCUT2D eigenvalue weighted by atomic mass is 10.1. The van der Waals surface area contributed by atoms with E-state index in [0.717, 1.165) is 23.8 Å². The van der Waals surface area contributed by atoms with Crippen LogP contribution in [-0.4, -0.2) is 25.1 Å². The van der Waals surface area contributed by atoms with Crippen molar-refractivity contribution in [3.63, 3.8) is 0 Å². The van der Waals surface area contributed by atoms with E-state index in [2.05, 4.69) is 10.3 Å². The van der Waals surface area contributed by atoms with Crippen LogP contribution in [0, 0.1) is 11.6 Å². The van der Waals surface area contributed by atoms with Crippen LogP contribution in [0.25, 0.3) is 11.3 Å². The number of aromatic nitrogens is 1. The van der Waals surface area contributed by atoms with Crippen molar-refractivity contribution in [2.75, 3.05) is 19.5 Å². The van der Waals surface area contributed by atoms with E-state index in [1.54, 1.807) is 37.8 Å². The normalized spacial score (nSPS) is 10.6. The molecule has 3 rings (SSSR count). The summed E-state index contributed by atoms with van der Waals surface area (Å²) < 4.78 is 37.4. The van der Waals surface area contributed by atoms with Crippen molar-refractivity contribution in [2.45, 2.75) is 12.8 Å². The predicted molar refractivity (Wildman–Crippen MR) is 104 cm³/mol. The van der Waals surface area contributed by atoms with E-state index >= 15 is 0 Å². The monoisotopic (exact) mass is 404 g/mol. The molecule has 1 amide bonds. The summed E-state index contributed by atoms with van der Waals surface area (Å²) in [7, 11) is 3.13. The molecule has 3 aromatic rings. The second-order valence-corrected chi connectivity index (χ2v) is 6.75. The van der Waals surface area contributed by atoms with Crippen LogP contribution in [0.3, 0.4) is 0 Å². The zero-order valence-electron chi connectivity index (χ0n) is 15.3. The van der Waals surface area contributed by atoms with Crippen molar-refractivity contribution >= 4 is 22.4 Å². The smallest absolute Gasteiger partial charge is 0.226 e. The van der Waals surface area contributed by atoms with Crippen LogP contribution in [0.2, 0.25) is 0 Å². The van der Waals surface area contributed by atoms with E-state index in [0.29, 0.717) is 22.3 Å². The van der Waals surface area contributed by atoms with Gasteiger partial charge in [0, 0.05) is 17.4 Å². The van der Waals surface area contributed by atoms with Crippen molar-refractivity contribution in [1.82, 2.24) is 4.98 Å². The Kier molecular flexibility index (Phi) is 6.20. The summed E-state index contributed by atoms with van der Waals surface area (Å²) in [6.45, 7) is 0. The molecule has 8 heteroatoms. The SMILES string of the molecule is COc1ccc(OC)c(-c2csc(NC(=O)CCc3cc(F)ccc3F)n2)c1. The number of ether oxygens (including phenoxy) is 2. The van der Waals surface area contributed by atoms with Crippen molar-refractivity contribution in [3.05, 3.63) is 59.0 Å². The van der Waals surface area contributed by atoms with Gasteiger partial charge in [0.2, 0.25) is 5.91 Å². The number of nitrogens with zero attached hydrogens (tertiary/aromatic N) is 1. The first-order chi connectivity index (χ1) is 13.5. The molecule has 0 aliphatic rings. The number of carbonyl (C=O) groups excluding carboxylic acids is 1. The van der Waals surface area contributed by atoms with E-state index in [4.69, 9.17) is 9.47 Å². The number of anilines is 1. The number of aryl methyl sites for hydroxylation is 1. The summed E-state index contributed by atoms with van der Waals surface area (Å²) in [6, 6.07) is 8.55. The number of thiazole rings is 1. The molecular formula is C20H18F2N2O3S. The number of methoxy groups -OCH3 is 2. The van der Waals surface area contributed by atoms with Gasteiger partial charge in [0.25, 0.3) is 0 Å². The number of rotatable bonds is 7. The van der Waals surface area contributed by atoms with E-state index in [1.165, 1.54) is 11.3 Å². The lowest BCUT2D eigenvalue weighted by molar-refractivity contribution is -0.116. The van der Waals surface area contributed by atoms with Crippen molar-refractivity contribution in [1.29, 1.82) is 0 Å². The molecule has 28 heavy (non-hydrogen) atoms. The Morgan fingerprint density at radius 3 is 2.71 bits per heavy atom. The molecule has 2 aromatic carbocycles. The largest absolute Gasteiger partial charge is 0.497 e. The fourth-order valence-electron chi connectivity index (χ4n) is 2.63. The molecule has 0 spiro atoms. The Morgan fingerprint density at radius 1 is 1.14 bits per heavy atom. The molecule has 1 aromatic heterocycles. The predicted octanol–water partition coefficient (Wildman–Crippen LogP) is 4.68. The van der Waals surface area contributed by atoms with Gasteiger partial charge in [-0.2, -0.15) is 0 Å². The second kappa shape index (κ2) is 8.79. The molecule has 0 atom stereocenters. The summed E-state index contributed by atoms with van der Waals surface area (Å²) in [5.41, 5.74) is 1.53. The highest BCUT2D eigenvalue weighted by Gasteiger charge is 2.14. The van der Waals surface area contributed by atoms with Gasteiger partial charge in [-0.15, -0.1) is 11.3 Å². The summed E-state index contributed by atoms with van der Waals surface area (Å²) in [5.74, 6) is -0.108. The third kappa shape index (κ3) is 4.64. The maximum Gasteiger partial charge on any atom is 0.226 e. The Morgan fingerprint density at radius 2 is 1.96 bits per heavy atom. The number of carbonyl (C=O) groups is 1. The van der Waals surface area contributed by atoms with Crippen LogP contribution < -0.4 is 14.8 Å². The Hall–Kier alpha value is -3.00. The highest BCUT2D eigenvalue weighted by atomic mass is 32.1. The molecular weight excluding hydrogens is 386 g/mol. The van der Waals surface area contributed by atoms with Crippen LogP contribution >= 0.6 is 11.3 Å². The molecule has 0 aliphatic heterocycles. The zero-order valence-corrected chi connectivity index (χ0v) is 16.1. The van der Waals surface area contributed by atoms with E-state index < -0.39 is 11.6 Å². The molecule has 1 N–H and O–H groups in total. The molecule has 146 valence electrons. The Bertz CT molecular complexity index is 991. The van der Waals surface area contributed by atoms with Crippen LogP contribution in [0.4, 0.5) is 13.9 Å². The van der Waals surface area contributed by atoms with E-state index in [1.807, 2.05) is 0 Å². The number of halogens is 2. The van der Waals surface area contributed by atoms with E-state index in [-0.39, 0.29) is 24.3 Å².